The largest absolute Gasteiger partial charge is 0.0683 e. The first-order valence-corrected chi connectivity index (χ1v) is 6.94. The van der Waals surface area contributed by atoms with E-state index in [0.29, 0.717) is 0 Å². The second-order valence-electron chi connectivity index (χ2n) is 3.65. The van der Waals surface area contributed by atoms with Gasteiger partial charge in [-0.2, -0.15) is 0 Å². The fraction of sp³-hybridized carbons (Fsp3) is 0.333. The smallest absolute Gasteiger partial charge is 0.00258 e. The van der Waals surface area contributed by atoms with Gasteiger partial charge >= 0.3 is 0 Å². The first-order chi connectivity index (χ1) is 8.84. The van der Waals surface area contributed by atoms with E-state index >= 15 is 0 Å². The maximum Gasteiger partial charge on any atom is -0.00258 e. The minimum atomic E-state index is 1.03. The maximum atomic E-state index is 2.20. The Kier molecular flexibility index (Phi) is 9.67. The van der Waals surface area contributed by atoms with Crippen molar-refractivity contribution in [2.45, 2.75) is 41.0 Å². The lowest BCUT2D eigenvalue weighted by atomic mass is 10.0. The fourth-order valence-electron chi connectivity index (χ4n) is 1.54. The summed E-state index contributed by atoms with van der Waals surface area (Å²) in [5, 5.41) is 0. The van der Waals surface area contributed by atoms with Crippen LogP contribution < -0.4 is 0 Å². The lowest BCUT2D eigenvalue weighted by molar-refractivity contribution is 1.19. The highest BCUT2D eigenvalue weighted by molar-refractivity contribution is 5.27. The zero-order valence-electron chi connectivity index (χ0n) is 12.4. The van der Waals surface area contributed by atoms with E-state index in [1.54, 1.807) is 0 Å². The zero-order chi connectivity index (χ0) is 13.8. The van der Waals surface area contributed by atoms with Gasteiger partial charge in [-0.1, -0.05) is 87.9 Å². The molecule has 0 atom stereocenters. The van der Waals surface area contributed by atoms with Gasteiger partial charge in [0.15, 0.2) is 0 Å². The van der Waals surface area contributed by atoms with Crippen LogP contribution in [0.3, 0.4) is 0 Å². The molecule has 0 nitrogen and oxygen atoms in total. The van der Waals surface area contributed by atoms with Crippen molar-refractivity contribution < 1.29 is 0 Å². The Hall–Kier alpha value is -1.56. The molecule has 0 aliphatic carbocycles. The molecule has 0 amide bonds. The number of aryl methyl sites for hydroxylation is 1. The predicted molar refractivity (Wildman–Crippen MR) is 83.1 cm³/mol. The molecule has 2 aromatic rings. The summed E-state index contributed by atoms with van der Waals surface area (Å²) in [7, 11) is 0. The first kappa shape index (κ1) is 16.4. The summed E-state index contributed by atoms with van der Waals surface area (Å²) < 4.78 is 0. The van der Waals surface area contributed by atoms with Gasteiger partial charge in [0.05, 0.1) is 0 Å². The molecule has 0 saturated carbocycles. The molecule has 0 bridgehead atoms. The SMILES string of the molecule is CC.CC.Cc1ccc(Cc2ccccc2)cc1. The van der Waals surface area contributed by atoms with Crippen LogP contribution in [0.25, 0.3) is 0 Å². The predicted octanol–water partition coefficient (Wildman–Crippen LogP) is 5.64. The minimum absolute atomic E-state index is 1.03. The molecule has 2 aromatic carbocycles. The Labute approximate surface area is 113 Å². The number of rotatable bonds is 2. The lowest BCUT2D eigenvalue weighted by Gasteiger charge is -2.01. The maximum absolute atomic E-state index is 2.20. The van der Waals surface area contributed by atoms with E-state index < -0.39 is 0 Å². The second-order valence-corrected chi connectivity index (χ2v) is 3.65. The molecule has 0 aliphatic rings. The Bertz CT molecular complexity index is 384. The molecule has 0 radical (unpaired) electrons. The van der Waals surface area contributed by atoms with E-state index in [9.17, 15) is 0 Å². The van der Waals surface area contributed by atoms with Crippen LogP contribution in [0, 0.1) is 6.92 Å². The second kappa shape index (κ2) is 10.6. The average Bonchev–Trinajstić information content (AvgIpc) is 2.47. The van der Waals surface area contributed by atoms with E-state index in [4.69, 9.17) is 0 Å². The summed E-state index contributed by atoms with van der Waals surface area (Å²) in [5.41, 5.74) is 4.07. The summed E-state index contributed by atoms with van der Waals surface area (Å²) >= 11 is 0. The van der Waals surface area contributed by atoms with Crippen LogP contribution in [0.2, 0.25) is 0 Å². The summed E-state index contributed by atoms with van der Waals surface area (Å²) in [5.74, 6) is 0. The molecule has 0 fully saturated rings. The summed E-state index contributed by atoms with van der Waals surface area (Å²) in [4.78, 5) is 0. The van der Waals surface area contributed by atoms with Crippen molar-refractivity contribution in [3.63, 3.8) is 0 Å². The number of benzene rings is 2. The topological polar surface area (TPSA) is 0 Å². The number of hydrogen-bond donors (Lipinski definition) is 0. The third kappa shape index (κ3) is 6.24. The quantitative estimate of drug-likeness (QED) is 0.639. The van der Waals surface area contributed by atoms with Gasteiger partial charge in [-0.25, -0.2) is 0 Å². The van der Waals surface area contributed by atoms with Gasteiger partial charge in [-0.3, -0.25) is 0 Å². The molecule has 2 rings (SSSR count). The zero-order valence-corrected chi connectivity index (χ0v) is 12.4. The minimum Gasteiger partial charge on any atom is -0.0683 e. The van der Waals surface area contributed by atoms with Gasteiger partial charge in [0.25, 0.3) is 0 Å². The van der Waals surface area contributed by atoms with E-state index in [2.05, 4.69) is 61.5 Å². The van der Waals surface area contributed by atoms with Crippen LogP contribution in [0.15, 0.2) is 54.6 Å². The Morgan fingerprint density at radius 1 is 0.611 bits per heavy atom. The summed E-state index contributed by atoms with van der Waals surface area (Å²) in [6.07, 6.45) is 1.03. The molecule has 0 aromatic heterocycles. The van der Waals surface area contributed by atoms with Gasteiger partial charge in [0.1, 0.15) is 0 Å². The van der Waals surface area contributed by atoms with Crippen LogP contribution in [-0.4, -0.2) is 0 Å². The summed E-state index contributed by atoms with van der Waals surface area (Å²) in [6, 6.07) is 19.3. The average molecular weight is 242 g/mol. The van der Waals surface area contributed by atoms with Crippen molar-refractivity contribution in [3.8, 4) is 0 Å². The van der Waals surface area contributed by atoms with Gasteiger partial charge in [0.2, 0.25) is 0 Å². The molecule has 0 saturated heterocycles. The highest BCUT2D eigenvalue weighted by atomic mass is 14.0. The van der Waals surface area contributed by atoms with E-state index in [-0.39, 0.29) is 0 Å². The van der Waals surface area contributed by atoms with E-state index in [0.717, 1.165) is 6.42 Å². The molecule has 0 unspecified atom stereocenters. The Morgan fingerprint density at radius 2 is 1.06 bits per heavy atom. The van der Waals surface area contributed by atoms with Crippen molar-refractivity contribution >= 4 is 0 Å². The molecule has 18 heavy (non-hydrogen) atoms. The van der Waals surface area contributed by atoms with E-state index in [1.165, 1.54) is 16.7 Å². The van der Waals surface area contributed by atoms with Gasteiger partial charge in [-0.15, -0.1) is 0 Å². The molecule has 0 aliphatic heterocycles. The molecule has 0 heteroatoms. The van der Waals surface area contributed by atoms with Gasteiger partial charge < -0.3 is 0 Å². The molecular weight excluding hydrogens is 216 g/mol. The van der Waals surface area contributed by atoms with Crippen LogP contribution in [0.5, 0.6) is 0 Å². The van der Waals surface area contributed by atoms with Crippen LogP contribution in [0.4, 0.5) is 0 Å². The molecule has 0 N–H and O–H groups in total. The van der Waals surface area contributed by atoms with Crippen molar-refractivity contribution in [1.82, 2.24) is 0 Å². The monoisotopic (exact) mass is 242 g/mol. The Morgan fingerprint density at radius 3 is 1.56 bits per heavy atom. The highest BCUT2D eigenvalue weighted by Gasteiger charge is 1.94. The van der Waals surface area contributed by atoms with Crippen LogP contribution >= 0.6 is 0 Å². The molecule has 98 valence electrons. The highest BCUT2D eigenvalue weighted by Crippen LogP contribution is 2.09. The van der Waals surface area contributed by atoms with Crippen molar-refractivity contribution in [3.05, 3.63) is 71.3 Å². The fourth-order valence-corrected chi connectivity index (χ4v) is 1.54. The van der Waals surface area contributed by atoms with Crippen molar-refractivity contribution in [2.24, 2.45) is 0 Å². The molecule has 0 heterocycles. The van der Waals surface area contributed by atoms with Crippen LogP contribution in [-0.2, 0) is 6.42 Å². The van der Waals surface area contributed by atoms with Crippen molar-refractivity contribution in [2.75, 3.05) is 0 Å². The third-order valence-electron chi connectivity index (χ3n) is 2.37. The summed E-state index contributed by atoms with van der Waals surface area (Å²) in [6.45, 7) is 10.1. The number of hydrogen-bond acceptors (Lipinski definition) is 0. The first-order valence-electron chi connectivity index (χ1n) is 6.94. The van der Waals surface area contributed by atoms with Crippen LogP contribution in [0.1, 0.15) is 44.4 Å². The normalized spacial score (nSPS) is 8.50. The molecular formula is C18H26. The van der Waals surface area contributed by atoms with Gasteiger partial charge in [-0.05, 0) is 24.5 Å². The van der Waals surface area contributed by atoms with E-state index in [1.807, 2.05) is 27.7 Å². The van der Waals surface area contributed by atoms with Gasteiger partial charge in [0, 0.05) is 0 Å². The Balaban J connectivity index is 0.000000659. The lowest BCUT2D eigenvalue weighted by Crippen LogP contribution is -1.86. The standard InChI is InChI=1S/C14H14.2C2H6/c1-12-7-9-14(10-8-12)11-13-5-3-2-4-6-13;2*1-2/h2-10H,11H2,1H3;2*1-2H3. The van der Waals surface area contributed by atoms with Crippen molar-refractivity contribution in [1.29, 1.82) is 0 Å². The third-order valence-corrected chi connectivity index (χ3v) is 2.37. The molecule has 0 spiro atoms.